The molecule has 252 valence electrons. The predicted octanol–water partition coefficient (Wildman–Crippen LogP) is 11.4. The van der Waals surface area contributed by atoms with Gasteiger partial charge in [0.15, 0.2) is 0 Å². The summed E-state index contributed by atoms with van der Waals surface area (Å²) in [6.45, 7) is 19.9. The van der Waals surface area contributed by atoms with Crippen LogP contribution >= 0.6 is 0 Å². The molecule has 0 N–H and O–H groups in total. The zero-order valence-corrected chi connectivity index (χ0v) is 32.7. The van der Waals surface area contributed by atoms with E-state index in [-0.39, 0.29) is 36.4 Å². The first-order valence-electron chi connectivity index (χ1n) is 16.5. The molecule has 0 bridgehead atoms. The van der Waals surface area contributed by atoms with Crippen LogP contribution in [-0.2, 0) is 20.1 Å². The molecule has 0 fully saturated rings. The number of hydrogen-bond donors (Lipinski definition) is 0. The Morgan fingerprint density at radius 3 is 0.878 bits per heavy atom. The van der Waals surface area contributed by atoms with Crippen molar-refractivity contribution in [3.8, 4) is 0 Å². The second kappa shape index (κ2) is 17.5. The van der Waals surface area contributed by atoms with Gasteiger partial charge in [-0.05, 0) is 70.9 Å². The van der Waals surface area contributed by atoms with E-state index >= 15 is 0 Å². The summed E-state index contributed by atoms with van der Waals surface area (Å²) in [5.74, 6) is 0. The topological polar surface area (TPSA) is 38.7 Å². The second-order valence-electron chi connectivity index (χ2n) is 14.9. The van der Waals surface area contributed by atoms with E-state index < -0.39 is 0 Å². The zero-order chi connectivity index (χ0) is 34.8. The van der Waals surface area contributed by atoms with Gasteiger partial charge in [-0.1, -0.05) is 115 Å². The van der Waals surface area contributed by atoms with Crippen LogP contribution in [0.5, 0.6) is 0 Å². The molecule has 3 aromatic rings. The molecular formula is C45H48IrN3. The summed E-state index contributed by atoms with van der Waals surface area (Å²) in [6.07, 6.45) is 24.2. The first kappa shape index (κ1) is 39.3. The SMILES string of the molecule is CC(C)(C)C1=CC=C=C(c2ccccn2)[CH]1.CC(C)(C)C1=CC=C=C(c2ccccn2)[CH]1.CC(C)(C)C1=CC=C=C(c2ccccn2)[CH]1.[Ir]. The molecule has 0 aromatic carbocycles. The summed E-state index contributed by atoms with van der Waals surface area (Å²) in [5, 5.41) is 0. The molecule has 0 saturated heterocycles. The minimum absolute atomic E-state index is 0. The summed E-state index contributed by atoms with van der Waals surface area (Å²) in [5.41, 5.74) is 20.3. The second-order valence-corrected chi connectivity index (χ2v) is 14.9. The quantitative estimate of drug-likeness (QED) is 0.247. The van der Waals surface area contributed by atoms with Gasteiger partial charge in [-0.2, -0.15) is 0 Å². The molecular weight excluding hydrogens is 775 g/mol. The Labute approximate surface area is 308 Å². The molecule has 0 unspecified atom stereocenters. The third kappa shape index (κ3) is 12.1. The van der Waals surface area contributed by atoms with Gasteiger partial charge >= 0.3 is 0 Å². The van der Waals surface area contributed by atoms with E-state index in [0.29, 0.717) is 0 Å². The number of allylic oxidation sites excluding steroid dienone is 9. The Balaban J connectivity index is 0.000000197. The molecule has 4 heteroatoms. The van der Waals surface area contributed by atoms with E-state index in [4.69, 9.17) is 0 Å². The van der Waals surface area contributed by atoms with Gasteiger partial charge in [-0.15, -0.1) is 17.2 Å². The van der Waals surface area contributed by atoms with Crippen molar-refractivity contribution in [3.05, 3.63) is 180 Å². The summed E-state index contributed by atoms with van der Waals surface area (Å²) in [4.78, 5) is 13.0. The van der Waals surface area contributed by atoms with Gasteiger partial charge in [0.25, 0.3) is 0 Å². The first-order chi connectivity index (χ1) is 22.7. The normalized spacial score (nSPS) is 15.4. The van der Waals surface area contributed by atoms with Gasteiger partial charge in [-0.25, -0.2) is 0 Å². The smallest absolute Gasteiger partial charge is 0.0745 e. The van der Waals surface area contributed by atoms with Gasteiger partial charge in [0, 0.05) is 74.7 Å². The van der Waals surface area contributed by atoms with Crippen LogP contribution in [0.3, 0.4) is 0 Å². The third-order valence-electron chi connectivity index (χ3n) is 7.83. The van der Waals surface area contributed by atoms with Crippen molar-refractivity contribution in [2.24, 2.45) is 16.2 Å². The van der Waals surface area contributed by atoms with Gasteiger partial charge in [0.2, 0.25) is 0 Å². The van der Waals surface area contributed by atoms with Crippen molar-refractivity contribution in [2.45, 2.75) is 62.3 Å². The minimum atomic E-state index is 0. The molecule has 0 spiro atoms. The Hall–Kier alpha value is -4.12. The standard InChI is InChI=1S/3C15H16N.Ir/c3*1-15(2,3)13-8-6-7-12(11-13)14-9-4-5-10-16-14;/h3*4-6,8-11H,1-3H3;. The van der Waals surface area contributed by atoms with Crippen LogP contribution in [0.25, 0.3) is 16.7 Å². The minimum Gasteiger partial charge on any atom is -0.256 e. The fraction of sp³-hybridized carbons (Fsp3) is 0.267. The van der Waals surface area contributed by atoms with Crippen molar-refractivity contribution in [3.63, 3.8) is 0 Å². The fourth-order valence-corrected chi connectivity index (χ4v) is 4.81. The molecule has 0 aliphatic heterocycles. The van der Waals surface area contributed by atoms with E-state index in [1.807, 2.05) is 91.4 Å². The van der Waals surface area contributed by atoms with Crippen LogP contribution in [-0.4, -0.2) is 15.0 Å². The van der Waals surface area contributed by atoms with E-state index in [9.17, 15) is 0 Å². The van der Waals surface area contributed by atoms with Crippen LogP contribution in [0.1, 0.15) is 79.4 Å². The maximum Gasteiger partial charge on any atom is 0.0745 e. The van der Waals surface area contributed by atoms with Gasteiger partial charge in [-0.3, -0.25) is 15.0 Å². The Kier molecular flexibility index (Phi) is 14.1. The summed E-state index contributed by atoms with van der Waals surface area (Å²) in [6, 6.07) is 17.8. The molecule has 4 radical (unpaired) electrons. The third-order valence-corrected chi connectivity index (χ3v) is 7.83. The zero-order valence-electron chi connectivity index (χ0n) is 30.3. The van der Waals surface area contributed by atoms with Gasteiger partial charge in [0.05, 0.1) is 17.1 Å². The molecule has 3 nitrogen and oxygen atoms in total. The van der Waals surface area contributed by atoms with Crippen molar-refractivity contribution >= 4 is 16.7 Å². The van der Waals surface area contributed by atoms with Crippen molar-refractivity contribution in [1.29, 1.82) is 0 Å². The van der Waals surface area contributed by atoms with Crippen LogP contribution in [0.2, 0.25) is 0 Å². The monoisotopic (exact) mass is 823 g/mol. The maximum atomic E-state index is 4.34. The van der Waals surface area contributed by atoms with E-state index in [1.165, 1.54) is 16.7 Å². The molecule has 49 heavy (non-hydrogen) atoms. The van der Waals surface area contributed by atoms with Crippen LogP contribution in [0.15, 0.2) is 144 Å². The van der Waals surface area contributed by atoms with E-state index in [2.05, 4.69) is 132 Å². The number of pyridine rings is 3. The molecule has 3 aromatic heterocycles. The molecule has 0 amide bonds. The number of aromatic nitrogens is 3. The van der Waals surface area contributed by atoms with Crippen molar-refractivity contribution in [2.75, 3.05) is 0 Å². The number of rotatable bonds is 3. The summed E-state index contributed by atoms with van der Waals surface area (Å²) < 4.78 is 0. The average molecular weight is 823 g/mol. The molecule has 3 heterocycles. The van der Waals surface area contributed by atoms with E-state index in [1.54, 1.807) is 0 Å². The summed E-state index contributed by atoms with van der Waals surface area (Å²) in [7, 11) is 0. The Morgan fingerprint density at radius 2 is 0.673 bits per heavy atom. The van der Waals surface area contributed by atoms with Crippen LogP contribution < -0.4 is 0 Å². The van der Waals surface area contributed by atoms with Gasteiger partial charge in [0.1, 0.15) is 0 Å². The van der Waals surface area contributed by atoms with Gasteiger partial charge < -0.3 is 0 Å². The Bertz CT molecular complexity index is 1630. The molecule has 0 saturated carbocycles. The van der Waals surface area contributed by atoms with Crippen molar-refractivity contribution in [1.82, 2.24) is 15.0 Å². The molecule has 3 aliphatic carbocycles. The first-order valence-corrected chi connectivity index (χ1v) is 16.5. The maximum absolute atomic E-state index is 4.34. The summed E-state index contributed by atoms with van der Waals surface area (Å²) >= 11 is 0. The molecule has 3 aliphatic rings. The van der Waals surface area contributed by atoms with Crippen LogP contribution in [0.4, 0.5) is 0 Å². The van der Waals surface area contributed by atoms with E-state index in [0.717, 1.165) is 33.8 Å². The molecule has 6 rings (SSSR count). The number of nitrogens with zero attached hydrogens (tertiary/aromatic N) is 3. The Morgan fingerprint density at radius 1 is 0.408 bits per heavy atom. The number of hydrogen-bond acceptors (Lipinski definition) is 3. The fourth-order valence-electron chi connectivity index (χ4n) is 4.81. The molecule has 0 atom stereocenters. The van der Waals surface area contributed by atoms with Crippen molar-refractivity contribution < 1.29 is 20.1 Å². The average Bonchev–Trinajstić information content (AvgIpc) is 3.09. The predicted molar refractivity (Wildman–Crippen MR) is 203 cm³/mol. The largest absolute Gasteiger partial charge is 0.256 e. The van der Waals surface area contributed by atoms with Crippen LogP contribution in [0, 0.1) is 35.5 Å².